The number of hydrogen-bond donors (Lipinski definition) is 0. The minimum atomic E-state index is 0. The first kappa shape index (κ1) is 8.91. The van der Waals surface area contributed by atoms with Crippen molar-refractivity contribution in [3.8, 4) is 0 Å². The maximum atomic E-state index is 2.99. The number of hydrogen-bond acceptors (Lipinski definition) is 0. The SMILES string of the molecule is [C-]1=CC1.[C-]1=CC=CC1.[Mo+2]. The Bertz CT molecular complexity index is 118. The second kappa shape index (κ2) is 6.03. The zero-order valence-corrected chi connectivity index (χ0v) is 7.14. The fourth-order valence-electron chi connectivity index (χ4n) is 0.340. The van der Waals surface area contributed by atoms with E-state index in [1.54, 1.807) is 0 Å². The van der Waals surface area contributed by atoms with Gasteiger partial charge in [-0.05, 0) is 0 Å². The summed E-state index contributed by atoms with van der Waals surface area (Å²) in [6.07, 6.45) is 16.0. The van der Waals surface area contributed by atoms with Crippen molar-refractivity contribution in [2.24, 2.45) is 0 Å². The molecule has 1 heteroatoms. The molecule has 46 valence electrons. The van der Waals surface area contributed by atoms with Gasteiger partial charge in [-0.2, -0.15) is 6.08 Å². The normalized spacial score (nSPS) is 16.0. The molecule has 0 spiro atoms. The van der Waals surface area contributed by atoms with Crippen LogP contribution in [0.2, 0.25) is 0 Å². The number of rotatable bonds is 0. The monoisotopic (exact) mass is 202 g/mol. The smallest absolute Gasteiger partial charge is 0.502 e. The van der Waals surface area contributed by atoms with Crippen LogP contribution in [-0.4, -0.2) is 0 Å². The van der Waals surface area contributed by atoms with E-state index >= 15 is 0 Å². The van der Waals surface area contributed by atoms with Crippen LogP contribution in [0.5, 0.6) is 0 Å². The predicted molar refractivity (Wildman–Crippen MR) is 34.0 cm³/mol. The quantitative estimate of drug-likeness (QED) is 0.414. The van der Waals surface area contributed by atoms with Crippen LogP contribution in [0.4, 0.5) is 0 Å². The second-order valence-corrected chi connectivity index (χ2v) is 1.62. The summed E-state index contributed by atoms with van der Waals surface area (Å²) in [4.78, 5) is 0. The van der Waals surface area contributed by atoms with Gasteiger partial charge in [-0.1, -0.05) is 0 Å². The molecule has 0 N–H and O–H groups in total. The summed E-state index contributed by atoms with van der Waals surface area (Å²) < 4.78 is 0. The molecular weight excluding hydrogens is 192 g/mol. The van der Waals surface area contributed by atoms with Gasteiger partial charge >= 0.3 is 21.1 Å². The Kier molecular flexibility index (Phi) is 5.97. The van der Waals surface area contributed by atoms with E-state index in [4.69, 9.17) is 0 Å². The van der Waals surface area contributed by atoms with Crippen LogP contribution in [-0.2, 0) is 21.1 Å². The van der Waals surface area contributed by atoms with E-state index < -0.39 is 0 Å². The molecule has 2 rings (SSSR count). The molecule has 9 heavy (non-hydrogen) atoms. The molecule has 0 aliphatic heterocycles. The molecule has 0 unspecified atom stereocenters. The first-order chi connectivity index (χ1) is 4.00. The van der Waals surface area contributed by atoms with Gasteiger partial charge in [-0.15, -0.1) is 6.42 Å². The van der Waals surface area contributed by atoms with E-state index in [1.807, 2.05) is 18.2 Å². The van der Waals surface area contributed by atoms with E-state index in [0.717, 1.165) is 12.8 Å². The van der Waals surface area contributed by atoms with Crippen LogP contribution >= 0.6 is 0 Å². The van der Waals surface area contributed by atoms with Crippen LogP contribution < -0.4 is 0 Å². The summed E-state index contributed by atoms with van der Waals surface area (Å²) in [7, 11) is 0. The van der Waals surface area contributed by atoms with E-state index in [0.29, 0.717) is 0 Å². The fraction of sp³-hybridized carbons (Fsp3) is 0.250. The summed E-state index contributed by atoms with van der Waals surface area (Å²) in [6, 6.07) is 0. The fourth-order valence-corrected chi connectivity index (χ4v) is 0.340. The van der Waals surface area contributed by atoms with E-state index in [9.17, 15) is 0 Å². The molecule has 0 fully saturated rings. The number of allylic oxidation sites excluding steroid dienone is 6. The Balaban J connectivity index is 0.000000140. The Morgan fingerprint density at radius 1 is 1.11 bits per heavy atom. The van der Waals surface area contributed by atoms with E-state index in [1.165, 1.54) is 0 Å². The van der Waals surface area contributed by atoms with Gasteiger partial charge in [-0.25, -0.2) is 18.6 Å². The van der Waals surface area contributed by atoms with Crippen molar-refractivity contribution in [2.75, 3.05) is 0 Å². The third-order valence-corrected chi connectivity index (χ3v) is 0.790. The predicted octanol–water partition coefficient (Wildman–Crippen LogP) is 2.05. The van der Waals surface area contributed by atoms with Crippen molar-refractivity contribution in [3.05, 3.63) is 36.5 Å². The first-order valence-corrected chi connectivity index (χ1v) is 2.77. The standard InChI is InChI=1S/C5H5.C3H3.Mo/c1-2-4-5-3-1;1-2-3-1;/h1-3H,4H2;1H,2H2;/q2*-1;+2. The summed E-state index contributed by atoms with van der Waals surface area (Å²) in [5, 5.41) is 0. The van der Waals surface area contributed by atoms with Crippen molar-refractivity contribution in [1.29, 1.82) is 0 Å². The molecule has 0 atom stereocenters. The molecule has 0 heterocycles. The molecule has 0 aromatic carbocycles. The summed E-state index contributed by atoms with van der Waals surface area (Å²) >= 11 is 0. The molecule has 0 nitrogen and oxygen atoms in total. The average Bonchev–Trinajstić information content (AvgIpc) is 2.55. The minimum absolute atomic E-state index is 0. The Morgan fingerprint density at radius 3 is 1.89 bits per heavy atom. The minimum Gasteiger partial charge on any atom is -0.502 e. The molecule has 0 bridgehead atoms. The van der Waals surface area contributed by atoms with Gasteiger partial charge in [0.15, 0.2) is 0 Å². The molecule has 0 amide bonds. The zero-order valence-electron chi connectivity index (χ0n) is 5.13. The van der Waals surface area contributed by atoms with Gasteiger partial charge < -0.3 is 6.08 Å². The summed E-state index contributed by atoms with van der Waals surface area (Å²) in [5.41, 5.74) is 0. The van der Waals surface area contributed by atoms with Crippen LogP contribution in [0.3, 0.4) is 0 Å². The van der Waals surface area contributed by atoms with Crippen molar-refractivity contribution >= 4 is 0 Å². The van der Waals surface area contributed by atoms with Crippen LogP contribution in [0, 0.1) is 12.2 Å². The van der Waals surface area contributed by atoms with Crippen LogP contribution in [0.15, 0.2) is 24.3 Å². The molecule has 0 saturated carbocycles. The van der Waals surface area contributed by atoms with Gasteiger partial charge in [-0.3, -0.25) is 12.2 Å². The van der Waals surface area contributed by atoms with Crippen LogP contribution in [0.25, 0.3) is 0 Å². The molecule has 2 aliphatic rings. The van der Waals surface area contributed by atoms with Gasteiger partial charge in [0.1, 0.15) is 0 Å². The third kappa shape index (κ3) is 7.91. The van der Waals surface area contributed by atoms with E-state index in [-0.39, 0.29) is 21.1 Å². The second-order valence-electron chi connectivity index (χ2n) is 1.62. The van der Waals surface area contributed by atoms with E-state index in [2.05, 4.69) is 18.2 Å². The third-order valence-electron chi connectivity index (χ3n) is 0.790. The maximum absolute atomic E-state index is 2.99. The van der Waals surface area contributed by atoms with Crippen molar-refractivity contribution < 1.29 is 21.1 Å². The zero-order chi connectivity index (χ0) is 5.66. The first-order valence-electron chi connectivity index (χ1n) is 2.77. The Labute approximate surface area is 70.6 Å². The topological polar surface area (TPSA) is 0 Å². The average molecular weight is 200 g/mol. The van der Waals surface area contributed by atoms with Gasteiger partial charge in [0.05, 0.1) is 0 Å². The summed E-state index contributed by atoms with van der Waals surface area (Å²) in [6.45, 7) is 0. The molecular formula is C8H8Mo. The molecule has 0 aromatic heterocycles. The molecule has 0 radical (unpaired) electrons. The molecule has 0 saturated heterocycles. The molecule has 2 aliphatic carbocycles. The van der Waals surface area contributed by atoms with Gasteiger partial charge in [0.25, 0.3) is 0 Å². The van der Waals surface area contributed by atoms with Crippen molar-refractivity contribution in [3.63, 3.8) is 0 Å². The van der Waals surface area contributed by atoms with Gasteiger partial charge in [0, 0.05) is 0 Å². The van der Waals surface area contributed by atoms with Crippen molar-refractivity contribution in [2.45, 2.75) is 12.8 Å². The van der Waals surface area contributed by atoms with Crippen molar-refractivity contribution in [1.82, 2.24) is 0 Å². The Morgan fingerprint density at radius 2 is 1.78 bits per heavy atom. The van der Waals surface area contributed by atoms with Crippen LogP contribution in [0.1, 0.15) is 12.8 Å². The Hall–Kier alpha value is -0.0917. The summed E-state index contributed by atoms with van der Waals surface area (Å²) in [5.74, 6) is 0. The van der Waals surface area contributed by atoms with Gasteiger partial charge in [0.2, 0.25) is 0 Å². The largest absolute Gasteiger partial charge is 2.00 e. The maximum Gasteiger partial charge on any atom is 2.00 e. The molecule has 0 aromatic rings.